The second-order valence-electron chi connectivity index (χ2n) is 6.08. The molecule has 0 saturated carbocycles. The Morgan fingerprint density at radius 2 is 1.86 bits per heavy atom. The topological polar surface area (TPSA) is 62.7 Å². The Bertz CT molecular complexity index is 768. The van der Waals surface area contributed by atoms with Gasteiger partial charge in [-0.15, -0.1) is 0 Å². The van der Waals surface area contributed by atoms with E-state index in [4.69, 9.17) is 4.74 Å². The maximum Gasteiger partial charge on any atom is 0.288 e. The van der Waals surface area contributed by atoms with Crippen LogP contribution in [-0.4, -0.2) is 53.5 Å². The van der Waals surface area contributed by atoms with Crippen molar-refractivity contribution in [3.63, 3.8) is 0 Å². The van der Waals surface area contributed by atoms with E-state index in [1.165, 1.54) is 11.9 Å². The van der Waals surface area contributed by atoms with Crippen LogP contribution < -0.4 is 9.64 Å². The molecule has 7 heteroatoms. The summed E-state index contributed by atoms with van der Waals surface area (Å²) < 4.78 is 5.77. The number of hydrogen-bond acceptors (Lipinski definition) is 6. The minimum absolute atomic E-state index is 0.127. The maximum atomic E-state index is 12.0. The number of hydrogen-bond donors (Lipinski definition) is 0. The highest BCUT2D eigenvalue weighted by Gasteiger charge is 2.36. The number of aromatic nitrogens is 1. The van der Waals surface area contributed by atoms with E-state index in [9.17, 15) is 9.59 Å². The van der Waals surface area contributed by atoms with Gasteiger partial charge in [0.25, 0.3) is 5.24 Å². The zero-order chi connectivity index (χ0) is 20.5. The number of nitrogens with zero attached hydrogens (tertiary/aromatic N) is 3. The van der Waals surface area contributed by atoms with E-state index in [0.29, 0.717) is 13.0 Å². The number of anilines is 1. The molecule has 150 valence electrons. The van der Waals surface area contributed by atoms with E-state index in [-0.39, 0.29) is 16.4 Å². The molecule has 3 rings (SSSR count). The number of rotatable bonds is 7. The van der Waals surface area contributed by atoms with E-state index < -0.39 is 0 Å². The number of ether oxygens (including phenoxy) is 1. The zero-order valence-electron chi connectivity index (χ0n) is 16.8. The first-order valence-corrected chi connectivity index (χ1v) is 10.2. The first-order chi connectivity index (χ1) is 13.5. The van der Waals surface area contributed by atoms with E-state index in [1.807, 2.05) is 68.3 Å². The summed E-state index contributed by atoms with van der Waals surface area (Å²) in [5, 5.41) is -0.511. The Labute approximate surface area is 170 Å². The lowest BCUT2D eigenvalue weighted by molar-refractivity contribution is -0.125. The average molecular weight is 402 g/mol. The summed E-state index contributed by atoms with van der Waals surface area (Å²) >= 11 is 1.09. The Hall–Kier alpha value is -2.54. The average Bonchev–Trinajstić information content (AvgIpc) is 2.98. The van der Waals surface area contributed by atoms with Crippen LogP contribution >= 0.6 is 11.8 Å². The van der Waals surface area contributed by atoms with Gasteiger partial charge in [0, 0.05) is 20.3 Å². The third-order valence-corrected chi connectivity index (χ3v) is 5.33. The molecule has 0 bridgehead atoms. The highest BCUT2D eigenvalue weighted by Crippen LogP contribution is 2.28. The quantitative estimate of drug-likeness (QED) is 0.702. The summed E-state index contributed by atoms with van der Waals surface area (Å²) in [5.74, 6) is 1.56. The molecular weight excluding hydrogens is 374 g/mol. The fraction of sp³-hybridized carbons (Fsp3) is 0.381. The van der Waals surface area contributed by atoms with Crippen LogP contribution in [0, 0.1) is 0 Å². The van der Waals surface area contributed by atoms with Crippen molar-refractivity contribution in [1.82, 2.24) is 9.88 Å². The molecule has 2 amide bonds. The van der Waals surface area contributed by atoms with Crippen molar-refractivity contribution in [2.75, 3.05) is 32.1 Å². The second-order valence-corrected chi connectivity index (χ2v) is 7.23. The summed E-state index contributed by atoms with van der Waals surface area (Å²) in [5.41, 5.74) is 1.01. The molecule has 1 saturated heterocycles. The molecule has 1 aromatic heterocycles. The number of carbonyl (C=O) groups is 2. The lowest BCUT2D eigenvalue weighted by atomic mass is 10.1. The molecule has 1 aliphatic heterocycles. The second kappa shape index (κ2) is 10.7. The van der Waals surface area contributed by atoms with Gasteiger partial charge in [-0.25, -0.2) is 4.98 Å². The summed E-state index contributed by atoms with van der Waals surface area (Å²) in [6.07, 6.45) is 2.31. The van der Waals surface area contributed by atoms with Crippen LogP contribution in [0.3, 0.4) is 0 Å². The van der Waals surface area contributed by atoms with Crippen LogP contribution in [0.15, 0.2) is 48.7 Å². The van der Waals surface area contributed by atoms with Gasteiger partial charge in [-0.05, 0) is 36.2 Å². The van der Waals surface area contributed by atoms with E-state index in [2.05, 4.69) is 4.98 Å². The van der Waals surface area contributed by atoms with Crippen LogP contribution in [0.5, 0.6) is 5.75 Å². The van der Waals surface area contributed by atoms with Gasteiger partial charge >= 0.3 is 0 Å². The molecule has 0 aliphatic carbocycles. The summed E-state index contributed by atoms with van der Waals surface area (Å²) in [4.78, 5) is 31.0. The fourth-order valence-electron chi connectivity index (χ4n) is 2.62. The molecule has 2 aromatic rings. The Kier molecular flexibility index (Phi) is 8.32. The van der Waals surface area contributed by atoms with Gasteiger partial charge in [-0.2, -0.15) is 0 Å². The monoisotopic (exact) mass is 401 g/mol. The molecule has 1 fully saturated rings. The largest absolute Gasteiger partial charge is 0.492 e. The first kappa shape index (κ1) is 21.8. The van der Waals surface area contributed by atoms with Crippen LogP contribution in [0.4, 0.5) is 10.6 Å². The lowest BCUT2D eigenvalue weighted by Crippen LogP contribution is -2.28. The van der Waals surface area contributed by atoms with Crippen molar-refractivity contribution in [1.29, 1.82) is 0 Å². The SMILES string of the molecule is CC.CN1C(=O)SC(Cc2ccc(OCCN(C)c3ccccn3)cc2)C1=O. The molecule has 0 radical (unpaired) electrons. The van der Waals surface area contributed by atoms with Crippen molar-refractivity contribution in [2.45, 2.75) is 25.5 Å². The predicted molar refractivity (Wildman–Crippen MR) is 114 cm³/mol. The molecule has 0 spiro atoms. The van der Waals surface area contributed by atoms with Gasteiger partial charge in [0.2, 0.25) is 5.91 Å². The number of amides is 2. The zero-order valence-corrected chi connectivity index (χ0v) is 17.6. The Balaban J connectivity index is 0.00000136. The van der Waals surface area contributed by atoms with Crippen LogP contribution in [0.1, 0.15) is 19.4 Å². The van der Waals surface area contributed by atoms with Gasteiger partial charge in [0.15, 0.2) is 0 Å². The molecule has 1 unspecified atom stereocenters. The van der Waals surface area contributed by atoms with Crippen LogP contribution in [0.2, 0.25) is 0 Å². The highest BCUT2D eigenvalue weighted by molar-refractivity contribution is 8.15. The minimum Gasteiger partial charge on any atom is -0.492 e. The molecule has 1 aromatic carbocycles. The standard InChI is InChI=1S/C19H21N3O3S.C2H6/c1-21(17-5-3-4-10-20-17)11-12-25-15-8-6-14(7-9-15)13-16-18(23)22(2)19(24)26-16;1-2/h3-10,16H,11-13H2,1-2H3;1-2H3. The van der Waals surface area contributed by atoms with Crippen molar-refractivity contribution in [3.05, 3.63) is 54.2 Å². The van der Waals surface area contributed by atoms with Gasteiger partial charge in [0.1, 0.15) is 18.2 Å². The smallest absolute Gasteiger partial charge is 0.288 e. The number of likely N-dealkylation sites (N-methyl/N-ethyl adjacent to an activating group) is 1. The number of thioether (sulfide) groups is 1. The molecule has 1 aliphatic rings. The van der Waals surface area contributed by atoms with Gasteiger partial charge < -0.3 is 9.64 Å². The number of benzene rings is 1. The Morgan fingerprint density at radius 3 is 2.43 bits per heavy atom. The predicted octanol–water partition coefficient (Wildman–Crippen LogP) is 3.86. The van der Waals surface area contributed by atoms with E-state index in [1.54, 1.807) is 6.20 Å². The van der Waals surface area contributed by atoms with E-state index >= 15 is 0 Å². The van der Waals surface area contributed by atoms with Gasteiger partial charge in [-0.1, -0.05) is 43.8 Å². The van der Waals surface area contributed by atoms with Gasteiger partial charge in [0.05, 0.1) is 11.8 Å². The third kappa shape index (κ3) is 5.73. The molecule has 28 heavy (non-hydrogen) atoms. The minimum atomic E-state index is -0.328. The van der Waals surface area contributed by atoms with Crippen molar-refractivity contribution in [2.24, 2.45) is 0 Å². The van der Waals surface area contributed by atoms with Crippen LogP contribution in [-0.2, 0) is 11.2 Å². The van der Waals surface area contributed by atoms with E-state index in [0.717, 1.165) is 35.4 Å². The first-order valence-electron chi connectivity index (χ1n) is 9.36. The highest BCUT2D eigenvalue weighted by atomic mass is 32.2. The van der Waals surface area contributed by atoms with Crippen molar-refractivity contribution >= 4 is 28.7 Å². The summed E-state index contributed by atoms with van der Waals surface area (Å²) in [6.45, 7) is 5.27. The van der Waals surface area contributed by atoms with Crippen LogP contribution in [0.25, 0.3) is 0 Å². The molecule has 6 nitrogen and oxygen atoms in total. The molecular formula is C21H27N3O3S. The fourth-order valence-corrected chi connectivity index (χ4v) is 3.64. The Morgan fingerprint density at radius 1 is 1.14 bits per heavy atom. The number of imide groups is 1. The van der Waals surface area contributed by atoms with Crippen molar-refractivity contribution in [3.8, 4) is 5.75 Å². The number of pyridine rings is 1. The summed E-state index contributed by atoms with van der Waals surface area (Å²) in [6, 6.07) is 13.5. The normalized spacial score (nSPS) is 15.9. The molecule has 2 heterocycles. The number of carbonyl (C=O) groups excluding carboxylic acids is 2. The van der Waals surface area contributed by atoms with Gasteiger partial charge in [-0.3, -0.25) is 14.5 Å². The lowest BCUT2D eigenvalue weighted by Gasteiger charge is -2.18. The molecule has 0 N–H and O–H groups in total. The van der Waals surface area contributed by atoms with Crippen molar-refractivity contribution < 1.29 is 14.3 Å². The maximum absolute atomic E-state index is 12.0. The third-order valence-electron chi connectivity index (χ3n) is 4.20. The molecule has 1 atom stereocenters. The summed E-state index contributed by atoms with van der Waals surface area (Å²) in [7, 11) is 3.50.